The maximum Gasteiger partial charge on any atom is 0.237 e. The normalized spacial score (nSPS) is 10.3. The minimum atomic E-state index is -0.382. The first-order valence-corrected chi connectivity index (χ1v) is 4.77. The van der Waals surface area contributed by atoms with Gasteiger partial charge in [-0.15, -0.1) is 0 Å². The molecule has 0 unspecified atom stereocenters. The van der Waals surface area contributed by atoms with Crippen molar-refractivity contribution in [1.82, 2.24) is 4.98 Å². The van der Waals surface area contributed by atoms with Crippen LogP contribution >= 0.6 is 0 Å². The third-order valence-corrected chi connectivity index (χ3v) is 2.01. The van der Waals surface area contributed by atoms with Crippen LogP contribution in [0.15, 0.2) is 18.3 Å². The zero-order chi connectivity index (χ0) is 11.4. The zero-order valence-electron chi connectivity index (χ0n) is 8.97. The van der Waals surface area contributed by atoms with E-state index >= 15 is 0 Å². The standard InChI is InChI=1S/C10H16N4O/c1-7(2)14(6-9(12)15)10-5-8(11)3-4-13-10/h3-5,7H,6H2,1-2H3,(H2,11,13)(H2,12,15). The van der Waals surface area contributed by atoms with E-state index in [1.165, 1.54) is 0 Å². The van der Waals surface area contributed by atoms with Crippen molar-refractivity contribution in [3.05, 3.63) is 18.3 Å². The quantitative estimate of drug-likeness (QED) is 0.748. The van der Waals surface area contributed by atoms with Crippen molar-refractivity contribution in [2.24, 2.45) is 5.73 Å². The summed E-state index contributed by atoms with van der Waals surface area (Å²) in [6, 6.07) is 3.57. The van der Waals surface area contributed by atoms with Gasteiger partial charge in [-0.1, -0.05) is 0 Å². The SMILES string of the molecule is CC(C)N(CC(N)=O)c1cc(N)ccn1. The fourth-order valence-electron chi connectivity index (χ4n) is 1.29. The third kappa shape index (κ3) is 3.12. The summed E-state index contributed by atoms with van der Waals surface area (Å²) in [7, 11) is 0. The summed E-state index contributed by atoms with van der Waals surface area (Å²) in [6.45, 7) is 4.08. The van der Waals surface area contributed by atoms with Crippen LogP contribution in [0.4, 0.5) is 11.5 Å². The van der Waals surface area contributed by atoms with Crippen LogP contribution in [0.1, 0.15) is 13.8 Å². The van der Waals surface area contributed by atoms with Gasteiger partial charge in [0.15, 0.2) is 0 Å². The third-order valence-electron chi connectivity index (χ3n) is 2.01. The van der Waals surface area contributed by atoms with Gasteiger partial charge in [0.2, 0.25) is 5.91 Å². The molecule has 0 saturated carbocycles. The number of carbonyl (C=O) groups excluding carboxylic acids is 1. The van der Waals surface area contributed by atoms with Crippen LogP contribution < -0.4 is 16.4 Å². The second-order valence-electron chi connectivity index (χ2n) is 3.64. The molecular formula is C10H16N4O. The van der Waals surface area contributed by atoms with Crippen LogP contribution in [0.3, 0.4) is 0 Å². The summed E-state index contributed by atoms with van der Waals surface area (Å²) in [5.41, 5.74) is 11.4. The Labute approximate surface area is 89.1 Å². The molecule has 0 fully saturated rings. The molecule has 1 rings (SSSR count). The molecule has 82 valence electrons. The van der Waals surface area contributed by atoms with Crippen molar-refractivity contribution in [2.75, 3.05) is 17.2 Å². The highest BCUT2D eigenvalue weighted by atomic mass is 16.1. The fourth-order valence-corrected chi connectivity index (χ4v) is 1.29. The van der Waals surface area contributed by atoms with Gasteiger partial charge in [-0.25, -0.2) is 4.98 Å². The average Bonchev–Trinajstić information content (AvgIpc) is 2.13. The van der Waals surface area contributed by atoms with Crippen LogP contribution in [-0.2, 0) is 4.79 Å². The van der Waals surface area contributed by atoms with E-state index in [4.69, 9.17) is 11.5 Å². The molecule has 0 aliphatic heterocycles. The molecule has 4 N–H and O–H groups in total. The molecule has 5 heteroatoms. The number of nitrogens with two attached hydrogens (primary N) is 2. The van der Waals surface area contributed by atoms with Crippen molar-refractivity contribution in [2.45, 2.75) is 19.9 Å². The van der Waals surface area contributed by atoms with Crippen molar-refractivity contribution < 1.29 is 4.79 Å². The van der Waals surface area contributed by atoms with Gasteiger partial charge in [0.05, 0.1) is 6.54 Å². The van der Waals surface area contributed by atoms with Crippen molar-refractivity contribution >= 4 is 17.4 Å². The molecule has 1 heterocycles. The molecule has 1 amide bonds. The molecule has 0 atom stereocenters. The van der Waals surface area contributed by atoms with E-state index in [9.17, 15) is 4.79 Å². The second kappa shape index (κ2) is 4.63. The molecule has 1 aromatic heterocycles. The molecule has 0 aliphatic rings. The Kier molecular flexibility index (Phi) is 3.49. The van der Waals surface area contributed by atoms with Crippen molar-refractivity contribution in [3.8, 4) is 0 Å². The Balaban J connectivity index is 2.93. The molecule has 0 spiro atoms. The van der Waals surface area contributed by atoms with Crippen LogP contribution in [0.5, 0.6) is 0 Å². The number of nitrogen functional groups attached to an aromatic ring is 1. The monoisotopic (exact) mass is 208 g/mol. The number of carbonyl (C=O) groups is 1. The predicted octanol–water partition coefficient (Wildman–Crippen LogP) is 0.364. The van der Waals surface area contributed by atoms with Gasteiger partial charge in [0, 0.05) is 24.0 Å². The summed E-state index contributed by atoms with van der Waals surface area (Å²) in [5.74, 6) is 0.289. The molecule has 1 aromatic rings. The average molecular weight is 208 g/mol. The van der Waals surface area contributed by atoms with Gasteiger partial charge in [-0.3, -0.25) is 4.79 Å². The van der Waals surface area contributed by atoms with Crippen LogP contribution in [-0.4, -0.2) is 23.5 Å². The Morgan fingerprint density at radius 1 is 1.60 bits per heavy atom. The van der Waals surface area contributed by atoms with Gasteiger partial charge in [0.25, 0.3) is 0 Å². The molecule has 0 radical (unpaired) electrons. The summed E-state index contributed by atoms with van der Waals surface area (Å²) < 4.78 is 0. The first-order valence-electron chi connectivity index (χ1n) is 4.77. The first kappa shape index (κ1) is 11.3. The fraction of sp³-hybridized carbons (Fsp3) is 0.400. The summed E-state index contributed by atoms with van der Waals surface area (Å²) in [4.78, 5) is 16.9. The molecule has 5 nitrogen and oxygen atoms in total. The minimum Gasteiger partial charge on any atom is -0.399 e. The molecule has 0 aliphatic carbocycles. The van der Waals surface area contributed by atoms with Crippen LogP contribution in [0.2, 0.25) is 0 Å². The molecule has 15 heavy (non-hydrogen) atoms. The predicted molar refractivity (Wildman–Crippen MR) is 60.3 cm³/mol. The van der Waals surface area contributed by atoms with Crippen LogP contribution in [0.25, 0.3) is 0 Å². The second-order valence-corrected chi connectivity index (χ2v) is 3.64. The number of hydrogen-bond donors (Lipinski definition) is 2. The van der Waals surface area contributed by atoms with E-state index in [1.54, 1.807) is 23.2 Å². The van der Waals surface area contributed by atoms with Crippen LogP contribution in [0, 0.1) is 0 Å². The largest absolute Gasteiger partial charge is 0.399 e. The van der Waals surface area contributed by atoms with Gasteiger partial charge < -0.3 is 16.4 Å². The Hall–Kier alpha value is -1.78. The van der Waals surface area contributed by atoms with Gasteiger partial charge in [0.1, 0.15) is 5.82 Å². The Morgan fingerprint density at radius 2 is 2.27 bits per heavy atom. The minimum absolute atomic E-state index is 0.145. The first-order chi connectivity index (χ1) is 7.00. The molecule has 0 aromatic carbocycles. The van der Waals surface area contributed by atoms with Gasteiger partial charge in [-0.05, 0) is 19.9 Å². The Bertz CT molecular complexity index is 351. The number of nitrogens with zero attached hydrogens (tertiary/aromatic N) is 2. The number of primary amides is 1. The number of rotatable bonds is 4. The van der Waals surface area contributed by atoms with Crippen molar-refractivity contribution in [1.29, 1.82) is 0 Å². The maximum atomic E-state index is 10.9. The van der Waals surface area contributed by atoms with E-state index in [0.717, 1.165) is 0 Å². The molecular weight excluding hydrogens is 192 g/mol. The maximum absolute atomic E-state index is 10.9. The van der Waals surface area contributed by atoms with E-state index in [1.807, 2.05) is 13.8 Å². The summed E-state index contributed by atoms with van der Waals surface area (Å²) >= 11 is 0. The highest BCUT2D eigenvalue weighted by molar-refractivity contribution is 5.79. The van der Waals surface area contributed by atoms with Crippen molar-refractivity contribution in [3.63, 3.8) is 0 Å². The lowest BCUT2D eigenvalue weighted by Crippen LogP contribution is -2.39. The topological polar surface area (TPSA) is 85.2 Å². The number of aromatic nitrogens is 1. The highest BCUT2D eigenvalue weighted by Gasteiger charge is 2.14. The van der Waals surface area contributed by atoms with Gasteiger partial charge >= 0.3 is 0 Å². The van der Waals surface area contributed by atoms with E-state index < -0.39 is 0 Å². The van der Waals surface area contributed by atoms with E-state index in [0.29, 0.717) is 11.5 Å². The lowest BCUT2D eigenvalue weighted by atomic mass is 10.3. The lowest BCUT2D eigenvalue weighted by Gasteiger charge is -2.26. The molecule has 0 saturated heterocycles. The number of hydrogen-bond acceptors (Lipinski definition) is 4. The van der Waals surface area contributed by atoms with E-state index in [2.05, 4.69) is 4.98 Å². The lowest BCUT2D eigenvalue weighted by molar-refractivity contribution is -0.116. The number of amides is 1. The molecule has 0 bridgehead atoms. The number of pyridine rings is 1. The Morgan fingerprint density at radius 3 is 2.73 bits per heavy atom. The van der Waals surface area contributed by atoms with E-state index in [-0.39, 0.29) is 18.5 Å². The number of anilines is 2. The highest BCUT2D eigenvalue weighted by Crippen LogP contribution is 2.15. The smallest absolute Gasteiger partial charge is 0.237 e. The zero-order valence-corrected chi connectivity index (χ0v) is 8.97. The summed E-state index contributed by atoms with van der Waals surface area (Å²) in [6.07, 6.45) is 1.61. The summed E-state index contributed by atoms with van der Waals surface area (Å²) in [5, 5.41) is 0. The van der Waals surface area contributed by atoms with Gasteiger partial charge in [-0.2, -0.15) is 0 Å².